The summed E-state index contributed by atoms with van der Waals surface area (Å²) in [6.45, 7) is 10.2. The SMILES string of the molecule is C.CC(C)(C)C(=O)OC[C@H]1O[C@@H](n2cnc(C(N)=O)n2)[C@@H]2OC(c3ccccc3)OC21.CC(C)(C)C(=O)OC[C@H]1O[C@@H](n2cnc(C(N)=O)n2)[C@H](O)C1O. The minimum atomic E-state index is -1.32. The molecule has 20 nitrogen and oxygen atoms in total. The Morgan fingerprint density at radius 2 is 1.17 bits per heavy atom. The highest BCUT2D eigenvalue weighted by atomic mass is 16.8. The van der Waals surface area contributed by atoms with Crippen molar-refractivity contribution in [3.05, 3.63) is 60.2 Å². The van der Waals surface area contributed by atoms with Gasteiger partial charge < -0.3 is 50.1 Å². The number of benzene rings is 1. The van der Waals surface area contributed by atoms with E-state index in [0.29, 0.717) is 0 Å². The fourth-order valence-electron chi connectivity index (χ4n) is 5.30. The van der Waals surface area contributed by atoms with E-state index in [-0.39, 0.29) is 38.3 Å². The Morgan fingerprint density at radius 3 is 1.65 bits per heavy atom. The fourth-order valence-corrected chi connectivity index (χ4v) is 5.30. The van der Waals surface area contributed by atoms with E-state index in [1.165, 1.54) is 11.0 Å². The molecule has 3 aliphatic heterocycles. The van der Waals surface area contributed by atoms with Crippen LogP contribution in [-0.2, 0) is 38.0 Å². The first kappa shape index (κ1) is 41.9. The Hall–Kier alpha value is -4.86. The molecular weight excluding hydrogens is 712 g/mol. The van der Waals surface area contributed by atoms with Crippen molar-refractivity contribution in [2.75, 3.05) is 13.2 Å². The van der Waals surface area contributed by atoms with Crippen LogP contribution in [0.5, 0.6) is 0 Å². The number of primary amides is 2. The first-order valence-corrected chi connectivity index (χ1v) is 16.6. The molecule has 6 rings (SSSR count). The molecule has 3 saturated heterocycles. The van der Waals surface area contributed by atoms with Crippen LogP contribution in [0.15, 0.2) is 43.0 Å². The van der Waals surface area contributed by atoms with E-state index in [9.17, 15) is 29.4 Å². The zero-order valence-corrected chi connectivity index (χ0v) is 30.0. The summed E-state index contributed by atoms with van der Waals surface area (Å²) in [6, 6.07) is 9.49. The van der Waals surface area contributed by atoms with E-state index in [1.807, 2.05) is 30.3 Å². The number of ether oxygens (including phenoxy) is 6. The lowest BCUT2D eigenvalue weighted by molar-refractivity contribution is -0.173. The van der Waals surface area contributed by atoms with Gasteiger partial charge in [-0.2, -0.15) is 0 Å². The summed E-state index contributed by atoms with van der Waals surface area (Å²) in [4.78, 5) is 53.9. The summed E-state index contributed by atoms with van der Waals surface area (Å²) in [5.41, 5.74) is 9.82. The fraction of sp³-hybridized carbons (Fsp3) is 0.588. The van der Waals surface area contributed by atoms with Crippen molar-refractivity contribution >= 4 is 23.8 Å². The van der Waals surface area contributed by atoms with Gasteiger partial charge in [0.05, 0.1) is 10.8 Å². The van der Waals surface area contributed by atoms with Crippen molar-refractivity contribution in [3.8, 4) is 0 Å². The van der Waals surface area contributed by atoms with E-state index in [4.69, 9.17) is 39.9 Å². The molecule has 54 heavy (non-hydrogen) atoms. The van der Waals surface area contributed by atoms with Crippen LogP contribution in [0.1, 0.15) is 94.5 Å². The molecule has 9 atom stereocenters. The van der Waals surface area contributed by atoms with Gasteiger partial charge in [0.2, 0.25) is 11.6 Å². The van der Waals surface area contributed by atoms with Gasteiger partial charge in [-0.25, -0.2) is 19.3 Å². The number of nitrogens with zero attached hydrogens (tertiary/aromatic N) is 6. The van der Waals surface area contributed by atoms with Crippen LogP contribution in [0.3, 0.4) is 0 Å². The van der Waals surface area contributed by atoms with Gasteiger partial charge >= 0.3 is 11.9 Å². The Bertz CT molecular complexity index is 1770. The van der Waals surface area contributed by atoms with Crippen molar-refractivity contribution in [2.24, 2.45) is 22.3 Å². The second-order valence-corrected chi connectivity index (χ2v) is 14.6. The number of hydrogen-bond acceptors (Lipinski definition) is 16. The first-order valence-electron chi connectivity index (χ1n) is 16.6. The third-order valence-electron chi connectivity index (χ3n) is 8.22. The second-order valence-electron chi connectivity index (χ2n) is 14.6. The molecule has 3 aliphatic rings. The molecule has 2 aromatic heterocycles. The van der Waals surface area contributed by atoms with Gasteiger partial charge in [-0.05, 0) is 41.5 Å². The molecule has 0 spiro atoms. The van der Waals surface area contributed by atoms with Gasteiger partial charge in [-0.1, -0.05) is 37.8 Å². The number of carbonyl (C=O) groups is 4. The Balaban J connectivity index is 0.000000245. The van der Waals surface area contributed by atoms with E-state index < -0.39 is 84.0 Å². The highest BCUT2D eigenvalue weighted by Gasteiger charge is 2.55. The number of aromatic nitrogens is 6. The number of carbonyl (C=O) groups excluding carboxylic acids is 4. The molecule has 6 N–H and O–H groups in total. The number of hydrogen-bond donors (Lipinski definition) is 4. The van der Waals surface area contributed by atoms with E-state index in [0.717, 1.165) is 16.6 Å². The number of aliphatic hydroxyl groups excluding tert-OH is 2. The van der Waals surface area contributed by atoms with Gasteiger partial charge in [-0.15, -0.1) is 10.2 Å². The summed E-state index contributed by atoms with van der Waals surface area (Å²) in [5.74, 6) is -2.74. The number of amides is 2. The van der Waals surface area contributed by atoms with Gasteiger partial charge in [0.25, 0.3) is 11.8 Å². The summed E-state index contributed by atoms with van der Waals surface area (Å²) >= 11 is 0. The van der Waals surface area contributed by atoms with Crippen molar-refractivity contribution in [1.82, 2.24) is 29.5 Å². The third kappa shape index (κ3) is 9.43. The van der Waals surface area contributed by atoms with Crippen LogP contribution in [0.4, 0.5) is 0 Å². The number of nitrogens with two attached hydrogens (primary N) is 2. The summed E-state index contributed by atoms with van der Waals surface area (Å²) in [5, 5.41) is 27.9. The lowest BCUT2D eigenvalue weighted by Crippen LogP contribution is -2.35. The second kappa shape index (κ2) is 16.7. The lowest BCUT2D eigenvalue weighted by Gasteiger charge is -2.22. The van der Waals surface area contributed by atoms with Gasteiger partial charge in [0, 0.05) is 5.56 Å². The number of fused-ring (bicyclic) bond motifs is 1. The normalized spacial score (nSPS) is 27.6. The standard InChI is InChI=1S/C20H24N4O6.C13H20N4O6.CH4/c1-20(2,3)19(26)27-9-12-13-14(30-18(29-13)11-7-5-4-6-8-11)17(28-12)24-10-22-16(23-24)15(21)25;1-13(2,3)12(21)22-4-6-7(18)8(19)11(23-6)17-5-15-10(16-17)9(14)20;/h4-8,10,12-14,17-18H,9H2,1-3H3,(H2,21,25);5-8,11,18-19H,4H2,1-3H3,(H2,14,20);1H4/t12-,13?,14-,17-,18?;6-,7?,8-,11-;/m11./s1. The van der Waals surface area contributed by atoms with Crippen LogP contribution in [-0.4, -0.2) is 113 Å². The minimum absolute atomic E-state index is 0. The van der Waals surface area contributed by atoms with Crippen molar-refractivity contribution in [3.63, 3.8) is 0 Å². The van der Waals surface area contributed by atoms with E-state index in [1.54, 1.807) is 41.5 Å². The number of aliphatic hydroxyl groups is 2. The molecule has 0 bridgehead atoms. The molecule has 1 aromatic carbocycles. The summed E-state index contributed by atoms with van der Waals surface area (Å²) < 4.78 is 36.7. The summed E-state index contributed by atoms with van der Waals surface area (Å²) in [6.07, 6.45) is -5.05. The molecule has 0 saturated carbocycles. The molecular formula is C34H48N8O12. The highest BCUT2D eigenvalue weighted by molar-refractivity contribution is 5.88. The molecule has 296 valence electrons. The Kier molecular flexibility index (Phi) is 12.9. The average molecular weight is 761 g/mol. The lowest BCUT2D eigenvalue weighted by atomic mass is 9.97. The van der Waals surface area contributed by atoms with Crippen LogP contribution >= 0.6 is 0 Å². The minimum Gasteiger partial charge on any atom is -0.462 e. The van der Waals surface area contributed by atoms with Crippen LogP contribution < -0.4 is 11.5 Å². The highest BCUT2D eigenvalue weighted by Crippen LogP contribution is 2.44. The maximum atomic E-state index is 12.2. The maximum absolute atomic E-state index is 12.2. The molecule has 2 amide bonds. The van der Waals surface area contributed by atoms with E-state index >= 15 is 0 Å². The average Bonchev–Trinajstić information content (AvgIpc) is 3.93. The van der Waals surface area contributed by atoms with Crippen molar-refractivity contribution in [2.45, 2.75) is 104 Å². The van der Waals surface area contributed by atoms with Gasteiger partial charge in [0.1, 0.15) is 62.5 Å². The number of esters is 2. The quantitative estimate of drug-likeness (QED) is 0.217. The molecule has 0 aliphatic carbocycles. The molecule has 0 radical (unpaired) electrons. The van der Waals surface area contributed by atoms with Crippen LogP contribution in [0, 0.1) is 10.8 Å². The van der Waals surface area contributed by atoms with Crippen LogP contribution in [0.25, 0.3) is 0 Å². The largest absolute Gasteiger partial charge is 0.462 e. The topological polar surface area (TPSA) is 278 Å². The molecule has 3 unspecified atom stereocenters. The van der Waals surface area contributed by atoms with Crippen LogP contribution in [0.2, 0.25) is 0 Å². The maximum Gasteiger partial charge on any atom is 0.311 e. The smallest absolute Gasteiger partial charge is 0.311 e. The predicted octanol–water partition coefficient (Wildman–Crippen LogP) is 0.568. The molecule has 20 heteroatoms. The molecule has 3 aromatic rings. The zero-order valence-electron chi connectivity index (χ0n) is 30.0. The zero-order chi connectivity index (χ0) is 38.8. The first-order chi connectivity index (χ1) is 24.8. The third-order valence-corrected chi connectivity index (χ3v) is 8.22. The number of rotatable bonds is 9. The van der Waals surface area contributed by atoms with Crippen molar-refractivity contribution in [1.29, 1.82) is 0 Å². The van der Waals surface area contributed by atoms with Crippen molar-refractivity contribution < 1.29 is 57.8 Å². The van der Waals surface area contributed by atoms with Gasteiger partial charge in [0.15, 0.2) is 18.7 Å². The van der Waals surface area contributed by atoms with Gasteiger partial charge in [-0.3, -0.25) is 19.2 Å². The monoisotopic (exact) mass is 760 g/mol. The Morgan fingerprint density at radius 1 is 0.704 bits per heavy atom. The van der Waals surface area contributed by atoms with E-state index in [2.05, 4.69) is 20.2 Å². The molecule has 5 heterocycles. The predicted molar refractivity (Wildman–Crippen MR) is 183 cm³/mol. The Labute approximate surface area is 311 Å². The molecule has 3 fully saturated rings. The summed E-state index contributed by atoms with van der Waals surface area (Å²) in [7, 11) is 0.